The maximum absolute atomic E-state index is 12.7. The van der Waals surface area contributed by atoms with Crippen LogP contribution in [0.15, 0.2) is 90.5 Å². The quantitative estimate of drug-likeness (QED) is 0.0450. The third kappa shape index (κ3) is 10.6. The van der Waals surface area contributed by atoms with Gasteiger partial charge < -0.3 is 21.5 Å². The van der Waals surface area contributed by atoms with Crippen molar-refractivity contribution in [3.05, 3.63) is 65.9 Å². The van der Waals surface area contributed by atoms with Gasteiger partial charge in [0.15, 0.2) is 15.6 Å². The van der Waals surface area contributed by atoms with Crippen LogP contribution in [-0.4, -0.2) is 92.7 Å². The van der Waals surface area contributed by atoms with Gasteiger partial charge in [0.25, 0.3) is 30.4 Å². The number of benzene rings is 4. The Bertz CT molecular complexity index is 3060. The van der Waals surface area contributed by atoms with Crippen LogP contribution in [0.3, 0.4) is 0 Å². The van der Waals surface area contributed by atoms with Crippen LogP contribution in [0, 0.1) is 0 Å². The number of nitrogens with zero attached hydrogens (tertiary/aromatic N) is 5. The number of nitrogen functional groups attached to an aromatic ring is 1. The summed E-state index contributed by atoms with van der Waals surface area (Å²) < 4.78 is 161. The van der Waals surface area contributed by atoms with E-state index in [1.54, 1.807) is 0 Å². The molecule has 0 aliphatic rings. The van der Waals surface area contributed by atoms with Crippen LogP contribution in [0.25, 0.3) is 10.8 Å². The number of rotatable bonds is 14. The minimum Gasteiger partial charge on any atom is -0.505 e. The molecule has 0 bridgehead atoms. The summed E-state index contributed by atoms with van der Waals surface area (Å²) in [5, 5.41) is 22.3. The molecule has 57 heavy (non-hydrogen) atoms. The van der Waals surface area contributed by atoms with Crippen molar-refractivity contribution in [3.63, 3.8) is 0 Å². The van der Waals surface area contributed by atoms with Crippen molar-refractivity contribution in [1.82, 2.24) is 15.0 Å². The molecule has 30 heteroatoms. The summed E-state index contributed by atoms with van der Waals surface area (Å²) in [5.74, 6) is -2.50. The first kappa shape index (κ1) is 42.9. The van der Waals surface area contributed by atoms with Crippen molar-refractivity contribution in [1.29, 1.82) is 0 Å². The van der Waals surface area contributed by atoms with E-state index >= 15 is 0 Å². The predicted octanol–water partition coefficient (Wildman–Crippen LogP) is 3.20. The van der Waals surface area contributed by atoms with E-state index < -0.39 is 117 Å². The van der Waals surface area contributed by atoms with Crippen LogP contribution in [0.4, 0.5) is 40.3 Å². The number of hydrogen-bond donors (Lipinski definition) is 8. The molecule has 5 aromatic rings. The first-order valence-corrected chi connectivity index (χ1v) is 22.4. The van der Waals surface area contributed by atoms with Crippen LogP contribution >= 0.6 is 11.6 Å². The molecule has 0 radical (unpaired) electrons. The summed E-state index contributed by atoms with van der Waals surface area (Å²) >= 11 is 6.05. The topological polar surface area (TPSA) is 395 Å². The van der Waals surface area contributed by atoms with Crippen molar-refractivity contribution in [2.45, 2.75) is 19.6 Å². The molecule has 4 aromatic carbocycles. The van der Waals surface area contributed by atoms with E-state index in [9.17, 15) is 60.9 Å². The number of halogens is 1. The molecule has 0 saturated heterocycles. The first-order chi connectivity index (χ1) is 26.2. The number of phenols is 1. The van der Waals surface area contributed by atoms with E-state index in [0.717, 1.165) is 36.4 Å². The zero-order valence-electron chi connectivity index (χ0n) is 27.6. The Hall–Kier alpha value is -5.21. The van der Waals surface area contributed by atoms with Gasteiger partial charge >= 0.3 is 10.4 Å². The molecule has 24 nitrogen and oxygen atoms in total. The van der Waals surface area contributed by atoms with E-state index in [0.29, 0.717) is 6.07 Å². The number of phenolic OH excluding ortho intramolecular Hbond substituents is 1. The predicted molar refractivity (Wildman–Crippen MR) is 197 cm³/mol. The van der Waals surface area contributed by atoms with E-state index in [1.165, 1.54) is 18.2 Å². The molecule has 0 atom stereocenters. The lowest BCUT2D eigenvalue weighted by atomic mass is 10.1. The highest BCUT2D eigenvalue weighted by Crippen LogP contribution is 2.45. The molecule has 0 unspecified atom stereocenters. The number of hydrogen-bond acceptors (Lipinski definition) is 20. The SMILES string of the molecule is Nc1cc(S(=O)(=O)O)cc2cc(S(=O)(=O)O)c(N=Nc3cc(Nc4nc(Cl)nc(Nc5cccc(S(=O)(=O)CCOS(=O)(=O)O)c5)n4)ccc3S(=O)(=O)O)c(O)c12. The Morgan fingerprint density at radius 2 is 1.32 bits per heavy atom. The molecule has 1 heterocycles. The molecule has 0 aliphatic heterocycles. The number of anilines is 5. The third-order valence-electron chi connectivity index (χ3n) is 7.12. The minimum absolute atomic E-state index is 0.0852. The third-order valence-corrected chi connectivity index (χ3v) is 12.0. The maximum atomic E-state index is 12.7. The number of aromatic nitrogens is 3. The van der Waals surface area contributed by atoms with E-state index in [-0.39, 0.29) is 28.2 Å². The van der Waals surface area contributed by atoms with Gasteiger partial charge in [-0.1, -0.05) is 6.07 Å². The fourth-order valence-electron chi connectivity index (χ4n) is 4.78. The Morgan fingerprint density at radius 1 is 0.702 bits per heavy atom. The van der Waals surface area contributed by atoms with Crippen molar-refractivity contribution in [3.8, 4) is 5.75 Å². The lowest BCUT2D eigenvalue weighted by Gasteiger charge is -2.12. The highest BCUT2D eigenvalue weighted by molar-refractivity contribution is 7.91. The Labute approximate surface area is 326 Å². The number of nitrogens with one attached hydrogen (secondary N) is 2. The smallest absolute Gasteiger partial charge is 0.397 e. The number of sulfone groups is 1. The van der Waals surface area contributed by atoms with Gasteiger partial charge in [0.1, 0.15) is 21.2 Å². The largest absolute Gasteiger partial charge is 0.505 e. The van der Waals surface area contributed by atoms with Crippen molar-refractivity contribution >= 4 is 113 Å². The standard InChI is InChI=1S/C27H23ClN8O16S5/c28-25-32-26(30-14-2-1-3-16(10-14)53(38,39)7-6-52-57(49,50)51)34-27(33-25)31-15-4-5-20(55(43,44)45)19(11-15)35-36-23-21(56(46,47)48)9-13-8-17(54(40,41)42)12-18(29)22(13)24(23)37/h1-5,8-12,37H,6-7,29H2,(H,40,41,42)(H,43,44,45)(H,46,47,48)(H,49,50,51)(H2,30,31,32,33,34). The molecule has 9 N–H and O–H groups in total. The highest BCUT2D eigenvalue weighted by atomic mass is 35.5. The van der Waals surface area contributed by atoms with Gasteiger partial charge in [-0.3, -0.25) is 18.2 Å². The second kappa shape index (κ2) is 15.6. The fraction of sp³-hybridized carbons (Fsp3) is 0.0741. The maximum Gasteiger partial charge on any atom is 0.397 e. The molecule has 1 aromatic heterocycles. The molecule has 304 valence electrons. The van der Waals surface area contributed by atoms with Crippen LogP contribution in [-0.2, 0) is 54.8 Å². The lowest BCUT2D eigenvalue weighted by molar-refractivity contribution is 0.284. The van der Waals surface area contributed by atoms with Crippen molar-refractivity contribution in [2.75, 3.05) is 28.7 Å². The Kier molecular flexibility index (Phi) is 11.8. The zero-order chi connectivity index (χ0) is 42.3. The molecule has 0 aliphatic carbocycles. The summed E-state index contributed by atoms with van der Waals surface area (Å²) in [7, 11) is -24.3. The number of nitrogens with two attached hydrogens (primary N) is 1. The summed E-state index contributed by atoms with van der Waals surface area (Å²) in [6, 6.07) is 9.96. The summed E-state index contributed by atoms with van der Waals surface area (Å²) in [6.45, 7) is -0.874. The van der Waals surface area contributed by atoms with E-state index in [4.69, 9.17) is 21.9 Å². The van der Waals surface area contributed by atoms with Crippen LogP contribution in [0.1, 0.15) is 0 Å². The summed E-state index contributed by atoms with van der Waals surface area (Å²) in [6.07, 6.45) is 0. The second-order valence-corrected chi connectivity index (χ2v) is 18.8. The zero-order valence-corrected chi connectivity index (χ0v) is 32.5. The Morgan fingerprint density at radius 3 is 1.89 bits per heavy atom. The summed E-state index contributed by atoms with van der Waals surface area (Å²) in [4.78, 5) is 8.70. The molecule has 5 rings (SSSR count). The lowest BCUT2D eigenvalue weighted by Crippen LogP contribution is -2.15. The number of fused-ring (bicyclic) bond motifs is 1. The van der Waals surface area contributed by atoms with Crippen molar-refractivity contribution < 1.29 is 69.6 Å². The first-order valence-electron chi connectivity index (χ1n) is 14.7. The molecular formula is C27H23ClN8O16S5. The van der Waals surface area contributed by atoms with Gasteiger partial charge in [0.2, 0.25) is 17.2 Å². The minimum atomic E-state index is -5.30. The average Bonchev–Trinajstić information content (AvgIpc) is 3.05. The van der Waals surface area contributed by atoms with Gasteiger partial charge in [-0.15, -0.1) is 10.2 Å². The van der Waals surface area contributed by atoms with Crippen LogP contribution < -0.4 is 16.4 Å². The highest BCUT2D eigenvalue weighted by Gasteiger charge is 2.26. The molecule has 0 amide bonds. The van der Waals surface area contributed by atoms with Crippen molar-refractivity contribution in [2.24, 2.45) is 10.2 Å². The molecule has 0 fully saturated rings. The summed E-state index contributed by atoms with van der Waals surface area (Å²) in [5.41, 5.74) is 3.62. The van der Waals surface area contributed by atoms with Gasteiger partial charge in [-0.05, 0) is 71.6 Å². The monoisotopic (exact) mass is 910 g/mol. The van der Waals surface area contributed by atoms with E-state index in [2.05, 4.69) is 40.0 Å². The Balaban J connectivity index is 1.50. The van der Waals surface area contributed by atoms with Gasteiger partial charge in [-0.25, -0.2) is 12.6 Å². The normalized spacial score (nSPS) is 12.9. The number of aromatic hydroxyl groups is 1. The second-order valence-electron chi connectivity index (χ2n) is 11.1. The molecule has 0 spiro atoms. The van der Waals surface area contributed by atoms with Gasteiger partial charge in [0, 0.05) is 22.4 Å². The molecular weight excluding hydrogens is 888 g/mol. The van der Waals surface area contributed by atoms with Crippen LogP contribution in [0.2, 0.25) is 5.28 Å². The number of azo groups is 1. The fourth-order valence-corrected chi connectivity index (χ4v) is 8.29. The van der Waals surface area contributed by atoms with E-state index in [1.807, 2.05) is 0 Å². The van der Waals surface area contributed by atoms with Crippen LogP contribution in [0.5, 0.6) is 5.75 Å². The van der Waals surface area contributed by atoms with Gasteiger partial charge in [0.05, 0.1) is 22.2 Å². The molecule has 0 saturated carbocycles. The average molecular weight is 911 g/mol. The van der Waals surface area contributed by atoms with Gasteiger partial charge in [-0.2, -0.15) is 48.6 Å².